The van der Waals surface area contributed by atoms with E-state index in [4.69, 9.17) is 14.2 Å². The highest BCUT2D eigenvalue weighted by atomic mass is 32.1. The van der Waals surface area contributed by atoms with E-state index in [2.05, 4.69) is 19.6 Å². The molecule has 8 heteroatoms. The van der Waals surface area contributed by atoms with E-state index in [9.17, 15) is 14.4 Å². The molecule has 0 aromatic heterocycles. The minimum absolute atomic E-state index is 0.0586. The first-order valence-electron chi connectivity index (χ1n) is 10.8. The van der Waals surface area contributed by atoms with Gasteiger partial charge in [-0.3, -0.25) is 14.4 Å². The van der Waals surface area contributed by atoms with Crippen molar-refractivity contribution >= 4 is 38.5 Å². The quantitative estimate of drug-likeness (QED) is 0.307. The monoisotopic (exact) mass is 440 g/mol. The van der Waals surface area contributed by atoms with E-state index in [0.717, 1.165) is 18.8 Å². The number of ether oxygens (including phenoxy) is 3. The molecule has 2 aliphatic carbocycles. The Balaban J connectivity index is 1.28. The lowest BCUT2D eigenvalue weighted by atomic mass is 9.59. The predicted octanol–water partition coefficient (Wildman–Crippen LogP) is 2.97. The van der Waals surface area contributed by atoms with Crippen LogP contribution in [0.3, 0.4) is 0 Å². The normalized spacial score (nSPS) is 49.2. The van der Waals surface area contributed by atoms with Crippen LogP contribution in [-0.4, -0.2) is 53.5 Å². The van der Waals surface area contributed by atoms with Crippen molar-refractivity contribution in [3.8, 4) is 0 Å². The number of rotatable bonds is 5. The molecule has 2 saturated carbocycles. The first kappa shape index (κ1) is 20.1. The van der Waals surface area contributed by atoms with E-state index in [1.54, 1.807) is 0 Å². The van der Waals surface area contributed by atoms with E-state index in [0.29, 0.717) is 17.6 Å². The van der Waals surface area contributed by atoms with Gasteiger partial charge in [-0.1, -0.05) is 6.92 Å². The summed E-state index contributed by atoms with van der Waals surface area (Å²) in [5.74, 6) is 0.651. The number of thiol groups is 1. The van der Waals surface area contributed by atoms with Crippen LogP contribution in [-0.2, 0) is 28.6 Å². The average Bonchev–Trinajstić information content (AvgIpc) is 2.76. The first-order chi connectivity index (χ1) is 13.8. The Hall–Kier alpha value is -0.810. The number of carbonyl (C=O) groups excluding carboxylic acids is 3. The Kier molecular flexibility index (Phi) is 4.94. The van der Waals surface area contributed by atoms with E-state index in [-0.39, 0.29) is 36.3 Å². The van der Waals surface area contributed by atoms with Crippen LogP contribution in [0.2, 0.25) is 0 Å². The van der Waals surface area contributed by atoms with Gasteiger partial charge in [0, 0.05) is 11.4 Å². The Morgan fingerprint density at radius 2 is 1.93 bits per heavy atom. The van der Waals surface area contributed by atoms with Crippen molar-refractivity contribution < 1.29 is 28.6 Å². The molecule has 6 nitrogen and oxygen atoms in total. The number of esters is 3. The highest BCUT2D eigenvalue weighted by Gasteiger charge is 2.78. The molecule has 5 fully saturated rings. The lowest BCUT2D eigenvalue weighted by molar-refractivity contribution is -0.170. The van der Waals surface area contributed by atoms with Crippen LogP contribution in [0.15, 0.2) is 0 Å². The Morgan fingerprint density at radius 3 is 2.59 bits per heavy atom. The predicted molar refractivity (Wildman–Crippen MR) is 110 cm³/mol. The van der Waals surface area contributed by atoms with Crippen LogP contribution >= 0.6 is 20.6 Å². The van der Waals surface area contributed by atoms with Crippen molar-refractivity contribution in [2.24, 2.45) is 29.1 Å². The second kappa shape index (κ2) is 7.12. The fourth-order valence-electron chi connectivity index (χ4n) is 6.82. The molecule has 160 valence electrons. The largest absolute Gasteiger partial charge is 0.464 e. The van der Waals surface area contributed by atoms with Crippen LogP contribution in [0.1, 0.15) is 46.0 Å². The standard InChI is InChI=1S/C21H29O6PS/c1-10-5-11-7-12(6-10)9-21(2,8-11)20(24)27-19-14-15-13(17(22)26-14)16(28(15)19)18(23)25-3-4-29/h10-16,19,29H,3-9H2,1-2H3. The molecule has 0 radical (unpaired) electrons. The zero-order chi connectivity index (χ0) is 20.5. The average molecular weight is 440 g/mol. The summed E-state index contributed by atoms with van der Waals surface area (Å²) in [5, 5.41) is 0. The molecule has 5 rings (SSSR count). The van der Waals surface area contributed by atoms with Gasteiger partial charge in [-0.2, -0.15) is 12.6 Å². The van der Waals surface area contributed by atoms with Gasteiger partial charge < -0.3 is 14.2 Å². The second-order valence-electron chi connectivity index (χ2n) is 10.0. The molecule has 0 N–H and O–H groups in total. The lowest BCUT2D eigenvalue weighted by Crippen LogP contribution is -2.64. The molecule has 0 aromatic rings. The maximum Gasteiger partial charge on any atom is 0.314 e. The first-order valence-corrected chi connectivity index (χ1v) is 13.0. The molecule has 0 amide bonds. The summed E-state index contributed by atoms with van der Waals surface area (Å²) in [6.45, 7) is 4.57. The van der Waals surface area contributed by atoms with Gasteiger partial charge >= 0.3 is 17.9 Å². The van der Waals surface area contributed by atoms with Crippen molar-refractivity contribution in [3.63, 3.8) is 0 Å². The molecular weight excluding hydrogens is 411 g/mol. The van der Waals surface area contributed by atoms with Gasteiger partial charge in [0.1, 0.15) is 6.61 Å². The third-order valence-corrected chi connectivity index (χ3v) is 11.4. The summed E-state index contributed by atoms with van der Waals surface area (Å²) in [5.41, 5.74) is -0.898. The highest BCUT2D eigenvalue weighted by Crippen LogP contribution is 2.79. The van der Waals surface area contributed by atoms with E-state index < -0.39 is 30.8 Å². The van der Waals surface area contributed by atoms with Crippen LogP contribution in [0, 0.1) is 29.1 Å². The topological polar surface area (TPSA) is 78.9 Å². The van der Waals surface area contributed by atoms with Crippen LogP contribution in [0.5, 0.6) is 0 Å². The molecule has 0 aromatic carbocycles. The fourth-order valence-corrected chi connectivity index (χ4v) is 10.4. The molecule has 29 heavy (non-hydrogen) atoms. The van der Waals surface area contributed by atoms with Crippen molar-refractivity contribution in [2.45, 2.75) is 69.2 Å². The lowest BCUT2D eigenvalue weighted by Gasteiger charge is -2.58. The molecule has 0 spiro atoms. The van der Waals surface area contributed by atoms with Gasteiger partial charge in [0.25, 0.3) is 0 Å². The zero-order valence-electron chi connectivity index (χ0n) is 16.9. The number of hydrogen-bond acceptors (Lipinski definition) is 7. The summed E-state index contributed by atoms with van der Waals surface area (Å²) in [6, 6.07) is 0. The zero-order valence-corrected chi connectivity index (χ0v) is 18.7. The fraction of sp³-hybridized carbons (Fsp3) is 0.857. The van der Waals surface area contributed by atoms with Crippen LogP contribution in [0.25, 0.3) is 0 Å². The Bertz CT molecular complexity index is 725. The van der Waals surface area contributed by atoms with Gasteiger partial charge in [-0.05, 0) is 64.7 Å². The summed E-state index contributed by atoms with van der Waals surface area (Å²) in [7, 11) is -0.907. The molecular formula is C21H29O6PS. The summed E-state index contributed by atoms with van der Waals surface area (Å²) in [4.78, 5) is 38.0. The van der Waals surface area contributed by atoms with Gasteiger partial charge in [-0.15, -0.1) is 0 Å². The molecule has 3 saturated heterocycles. The number of fused-ring (bicyclic) bond motifs is 2. The minimum Gasteiger partial charge on any atom is -0.464 e. The summed E-state index contributed by atoms with van der Waals surface area (Å²) < 4.78 is 16.8. The molecule has 8 atom stereocenters. The highest BCUT2D eigenvalue weighted by molar-refractivity contribution is 7.80. The summed E-state index contributed by atoms with van der Waals surface area (Å²) in [6.07, 6.45) is 5.01. The van der Waals surface area contributed by atoms with Crippen molar-refractivity contribution in [1.29, 1.82) is 0 Å². The summed E-state index contributed by atoms with van der Waals surface area (Å²) >= 11 is 4.07. The number of hydrogen-bond donors (Lipinski definition) is 1. The third kappa shape index (κ3) is 3.05. The third-order valence-electron chi connectivity index (χ3n) is 7.72. The maximum atomic E-state index is 13.2. The number of carbonyl (C=O) groups is 3. The van der Waals surface area contributed by atoms with Crippen molar-refractivity contribution in [3.05, 3.63) is 0 Å². The van der Waals surface area contributed by atoms with Crippen molar-refractivity contribution in [2.75, 3.05) is 12.4 Å². The Morgan fingerprint density at radius 1 is 1.24 bits per heavy atom. The van der Waals surface area contributed by atoms with Gasteiger partial charge in [-0.25, -0.2) is 0 Å². The molecule has 3 aliphatic heterocycles. The molecule has 8 unspecified atom stereocenters. The molecule has 2 bridgehead atoms. The maximum absolute atomic E-state index is 13.2. The molecule has 3 heterocycles. The van der Waals surface area contributed by atoms with Crippen molar-refractivity contribution in [1.82, 2.24) is 0 Å². The van der Waals surface area contributed by atoms with E-state index >= 15 is 0 Å². The van der Waals surface area contributed by atoms with E-state index in [1.807, 2.05) is 6.92 Å². The Labute approximate surface area is 177 Å². The minimum atomic E-state index is -0.907. The van der Waals surface area contributed by atoms with E-state index in [1.165, 1.54) is 19.3 Å². The molecule has 5 aliphatic rings. The smallest absolute Gasteiger partial charge is 0.314 e. The van der Waals surface area contributed by atoms with Gasteiger partial charge in [0.05, 0.1) is 17.0 Å². The van der Waals surface area contributed by atoms with Crippen LogP contribution in [0.4, 0.5) is 0 Å². The van der Waals surface area contributed by atoms with Gasteiger partial charge in [0.2, 0.25) is 0 Å². The van der Waals surface area contributed by atoms with Crippen LogP contribution < -0.4 is 0 Å². The van der Waals surface area contributed by atoms with Gasteiger partial charge in [0.15, 0.2) is 11.9 Å². The second-order valence-corrected chi connectivity index (χ2v) is 13.0. The SMILES string of the molecule is CC1CC2CC(C1)CC(C)(C(=O)OC1C3OC(=O)C4C(C(=O)OCCS)P1C34)C2.